The average Bonchev–Trinajstić information content (AvgIpc) is 3.19. The van der Waals surface area contributed by atoms with Crippen molar-refractivity contribution in [1.82, 2.24) is 15.0 Å². The quantitative estimate of drug-likeness (QED) is 0.707. The predicted molar refractivity (Wildman–Crippen MR) is 104 cm³/mol. The van der Waals surface area contributed by atoms with Gasteiger partial charge in [0.2, 0.25) is 0 Å². The number of aromatic nitrogens is 1. The molecule has 1 aliphatic carbocycles. The van der Waals surface area contributed by atoms with Crippen LogP contribution in [0, 0.1) is 18.3 Å². The minimum atomic E-state index is -0.620. The van der Waals surface area contributed by atoms with Gasteiger partial charge in [0.1, 0.15) is 5.76 Å². The molecular formula is C21H31N3O5. The van der Waals surface area contributed by atoms with Crippen LogP contribution in [0.1, 0.15) is 48.9 Å². The Kier molecular flexibility index (Phi) is 5.92. The molecule has 0 unspecified atom stereocenters. The molecular weight excluding hydrogens is 374 g/mol. The molecule has 3 fully saturated rings. The SMILES string of the molecule is CCOC(=O)[C@@]12CC[C@@H](N3CCOCC3)C[C@H]1CCN(C(=O)c1cc(C)on1)C2. The number of aryl methyl sites for hydroxylation is 1. The van der Waals surface area contributed by atoms with E-state index in [0.717, 1.165) is 52.0 Å². The number of hydrogen-bond acceptors (Lipinski definition) is 7. The van der Waals surface area contributed by atoms with Crippen LogP contribution in [0.25, 0.3) is 0 Å². The van der Waals surface area contributed by atoms with Crippen molar-refractivity contribution in [1.29, 1.82) is 0 Å². The molecule has 8 nitrogen and oxygen atoms in total. The summed E-state index contributed by atoms with van der Waals surface area (Å²) >= 11 is 0. The summed E-state index contributed by atoms with van der Waals surface area (Å²) < 4.78 is 16.1. The molecule has 0 N–H and O–H groups in total. The Morgan fingerprint density at radius 2 is 2.07 bits per heavy atom. The van der Waals surface area contributed by atoms with E-state index in [4.69, 9.17) is 14.0 Å². The Bertz CT molecular complexity index is 744. The van der Waals surface area contributed by atoms with Crippen LogP contribution in [0.15, 0.2) is 10.6 Å². The molecule has 3 heterocycles. The maximum absolute atomic E-state index is 13.1. The number of rotatable bonds is 4. The van der Waals surface area contributed by atoms with E-state index in [1.807, 2.05) is 6.92 Å². The zero-order chi connectivity index (χ0) is 20.4. The van der Waals surface area contributed by atoms with Crippen molar-refractivity contribution < 1.29 is 23.6 Å². The molecule has 0 bridgehead atoms. The van der Waals surface area contributed by atoms with E-state index in [1.54, 1.807) is 17.9 Å². The summed E-state index contributed by atoms with van der Waals surface area (Å²) in [5.74, 6) is 0.513. The fourth-order valence-electron chi connectivity index (χ4n) is 5.32. The number of esters is 1. The third-order valence-corrected chi connectivity index (χ3v) is 6.86. The number of fused-ring (bicyclic) bond motifs is 1. The highest BCUT2D eigenvalue weighted by atomic mass is 16.5. The summed E-state index contributed by atoms with van der Waals surface area (Å²) in [7, 11) is 0. The molecule has 1 saturated carbocycles. The summed E-state index contributed by atoms with van der Waals surface area (Å²) in [6.45, 7) is 8.48. The molecule has 3 aliphatic rings. The van der Waals surface area contributed by atoms with Crippen molar-refractivity contribution in [3.05, 3.63) is 17.5 Å². The second-order valence-electron chi connectivity index (χ2n) is 8.49. The van der Waals surface area contributed by atoms with Gasteiger partial charge in [-0.15, -0.1) is 0 Å². The minimum absolute atomic E-state index is 0.153. The lowest BCUT2D eigenvalue weighted by atomic mass is 9.61. The molecule has 29 heavy (non-hydrogen) atoms. The lowest BCUT2D eigenvalue weighted by molar-refractivity contribution is -0.168. The van der Waals surface area contributed by atoms with Gasteiger partial charge in [-0.3, -0.25) is 14.5 Å². The Balaban J connectivity index is 1.52. The van der Waals surface area contributed by atoms with Crippen molar-refractivity contribution >= 4 is 11.9 Å². The van der Waals surface area contributed by atoms with Crippen LogP contribution >= 0.6 is 0 Å². The zero-order valence-electron chi connectivity index (χ0n) is 17.4. The van der Waals surface area contributed by atoms with E-state index < -0.39 is 5.41 Å². The van der Waals surface area contributed by atoms with Gasteiger partial charge in [0.05, 0.1) is 25.2 Å². The zero-order valence-corrected chi connectivity index (χ0v) is 17.4. The first kappa shape index (κ1) is 20.3. The van der Waals surface area contributed by atoms with Gasteiger partial charge >= 0.3 is 5.97 Å². The van der Waals surface area contributed by atoms with Crippen LogP contribution in [0.3, 0.4) is 0 Å². The van der Waals surface area contributed by atoms with Crippen LogP contribution in [-0.4, -0.2) is 78.9 Å². The first-order valence-electron chi connectivity index (χ1n) is 10.7. The topological polar surface area (TPSA) is 85.1 Å². The lowest BCUT2D eigenvalue weighted by Crippen LogP contribution is -2.59. The van der Waals surface area contributed by atoms with Crippen LogP contribution in [0.2, 0.25) is 0 Å². The summed E-state index contributed by atoms with van der Waals surface area (Å²) in [6, 6.07) is 2.13. The molecule has 1 aromatic rings. The second kappa shape index (κ2) is 8.44. The van der Waals surface area contributed by atoms with Gasteiger partial charge in [-0.25, -0.2) is 0 Å². The smallest absolute Gasteiger partial charge is 0.314 e. The third-order valence-electron chi connectivity index (χ3n) is 6.86. The van der Waals surface area contributed by atoms with Gasteiger partial charge in [-0.2, -0.15) is 0 Å². The van der Waals surface area contributed by atoms with Crippen LogP contribution in [-0.2, 0) is 14.3 Å². The normalized spacial score (nSPS) is 30.6. The molecule has 1 amide bonds. The first-order valence-corrected chi connectivity index (χ1v) is 10.7. The highest BCUT2D eigenvalue weighted by Crippen LogP contribution is 2.48. The monoisotopic (exact) mass is 405 g/mol. The first-order chi connectivity index (χ1) is 14.0. The molecule has 3 atom stereocenters. The van der Waals surface area contributed by atoms with E-state index in [9.17, 15) is 9.59 Å². The number of morpholine rings is 1. The van der Waals surface area contributed by atoms with Crippen LogP contribution < -0.4 is 0 Å². The molecule has 4 rings (SSSR count). The number of carbonyl (C=O) groups excluding carboxylic acids is 2. The lowest BCUT2D eigenvalue weighted by Gasteiger charge is -2.52. The molecule has 2 aliphatic heterocycles. The molecule has 160 valence electrons. The van der Waals surface area contributed by atoms with E-state index in [2.05, 4.69) is 10.1 Å². The Morgan fingerprint density at radius 1 is 1.28 bits per heavy atom. The van der Waals surface area contributed by atoms with Gasteiger partial charge in [-0.1, -0.05) is 5.16 Å². The van der Waals surface area contributed by atoms with E-state index >= 15 is 0 Å². The van der Waals surface area contributed by atoms with Crippen molar-refractivity contribution in [2.45, 2.75) is 45.6 Å². The highest BCUT2D eigenvalue weighted by Gasteiger charge is 2.54. The summed E-state index contributed by atoms with van der Waals surface area (Å²) in [5, 5.41) is 3.87. The molecule has 1 aromatic heterocycles. The molecule has 0 aromatic carbocycles. The van der Waals surface area contributed by atoms with Crippen LogP contribution in [0.4, 0.5) is 0 Å². The number of likely N-dealkylation sites (tertiary alicyclic amines) is 1. The van der Waals surface area contributed by atoms with Crippen molar-refractivity contribution in [2.24, 2.45) is 11.3 Å². The summed E-state index contributed by atoms with van der Waals surface area (Å²) in [4.78, 5) is 30.3. The van der Waals surface area contributed by atoms with Gasteiger partial charge in [0, 0.05) is 38.3 Å². The largest absolute Gasteiger partial charge is 0.466 e. The summed E-state index contributed by atoms with van der Waals surface area (Å²) in [5.41, 5.74) is -0.312. The minimum Gasteiger partial charge on any atom is -0.466 e. The maximum Gasteiger partial charge on any atom is 0.314 e. The molecule has 2 saturated heterocycles. The standard InChI is InChI=1S/C21H31N3O5/c1-3-28-20(26)21-6-4-17(23-8-10-27-11-9-23)13-16(21)5-7-24(14-21)19(25)18-12-15(2)29-22-18/h12,16-17H,3-11,13-14H2,1-2H3/t16-,17-,21-/m1/s1. The number of ether oxygens (including phenoxy) is 2. The fraction of sp³-hybridized carbons (Fsp3) is 0.762. The highest BCUT2D eigenvalue weighted by molar-refractivity contribution is 5.93. The van der Waals surface area contributed by atoms with Crippen molar-refractivity contribution in [3.8, 4) is 0 Å². The van der Waals surface area contributed by atoms with Gasteiger partial charge < -0.3 is 18.9 Å². The fourth-order valence-corrected chi connectivity index (χ4v) is 5.32. The second-order valence-corrected chi connectivity index (χ2v) is 8.49. The average molecular weight is 405 g/mol. The van der Waals surface area contributed by atoms with Crippen LogP contribution in [0.5, 0.6) is 0 Å². The Hall–Kier alpha value is -1.93. The Labute approximate surface area is 171 Å². The number of carbonyl (C=O) groups is 2. The number of amides is 1. The predicted octanol–water partition coefficient (Wildman–Crippen LogP) is 1.88. The van der Waals surface area contributed by atoms with Gasteiger partial charge in [0.15, 0.2) is 5.69 Å². The maximum atomic E-state index is 13.1. The molecule has 8 heteroatoms. The van der Waals surface area contributed by atoms with E-state index in [-0.39, 0.29) is 17.8 Å². The van der Waals surface area contributed by atoms with Crippen molar-refractivity contribution in [3.63, 3.8) is 0 Å². The Morgan fingerprint density at radius 3 is 2.76 bits per heavy atom. The number of nitrogens with zero attached hydrogens (tertiary/aromatic N) is 3. The number of hydrogen-bond donors (Lipinski definition) is 0. The molecule has 0 radical (unpaired) electrons. The van der Waals surface area contributed by atoms with Gasteiger partial charge in [0.25, 0.3) is 5.91 Å². The van der Waals surface area contributed by atoms with Crippen molar-refractivity contribution in [2.75, 3.05) is 46.0 Å². The molecule has 0 spiro atoms. The van der Waals surface area contributed by atoms with E-state index in [1.165, 1.54) is 0 Å². The third kappa shape index (κ3) is 3.92. The van der Waals surface area contributed by atoms with Gasteiger partial charge in [-0.05, 0) is 45.4 Å². The summed E-state index contributed by atoms with van der Waals surface area (Å²) in [6.07, 6.45) is 3.48. The number of piperidine rings is 1. The van der Waals surface area contributed by atoms with E-state index in [0.29, 0.717) is 37.2 Å².